The van der Waals surface area contributed by atoms with Crippen LogP contribution in [0.25, 0.3) is 0 Å². The third-order valence-electron chi connectivity index (χ3n) is 5.32. The van der Waals surface area contributed by atoms with Crippen LogP contribution in [0.2, 0.25) is 5.02 Å². The van der Waals surface area contributed by atoms with Crippen molar-refractivity contribution in [3.63, 3.8) is 0 Å². The smallest absolute Gasteiger partial charge is 0.137 e. The molecule has 0 radical (unpaired) electrons. The van der Waals surface area contributed by atoms with Crippen molar-refractivity contribution in [2.45, 2.75) is 59.0 Å². The Morgan fingerprint density at radius 2 is 2.00 bits per heavy atom. The zero-order chi connectivity index (χ0) is 21.1. The van der Waals surface area contributed by atoms with Crippen molar-refractivity contribution >= 4 is 22.9 Å². The predicted molar refractivity (Wildman–Crippen MR) is 121 cm³/mol. The fourth-order valence-corrected chi connectivity index (χ4v) is 5.27. The summed E-state index contributed by atoms with van der Waals surface area (Å²) in [5.74, 6) is 0.706. The van der Waals surface area contributed by atoms with Crippen LogP contribution in [0.15, 0.2) is 24.3 Å². The van der Waals surface area contributed by atoms with E-state index in [1.54, 1.807) is 11.3 Å². The molecule has 1 atom stereocenters. The first-order chi connectivity index (χ1) is 13.7. The average molecular weight is 437 g/mol. The van der Waals surface area contributed by atoms with Gasteiger partial charge in [0.15, 0.2) is 0 Å². The third-order valence-corrected chi connectivity index (χ3v) is 7.04. The Bertz CT molecular complexity index is 817. The minimum atomic E-state index is -0.816. The van der Waals surface area contributed by atoms with E-state index < -0.39 is 5.60 Å². The molecule has 1 aliphatic heterocycles. The van der Waals surface area contributed by atoms with Crippen molar-refractivity contribution in [3.8, 4) is 5.75 Å². The number of hydrogen-bond donors (Lipinski definition) is 1. The molecule has 2 aromatic rings. The number of ether oxygens (including phenoxy) is 1. The zero-order valence-corrected chi connectivity index (χ0v) is 19.6. The topological polar surface area (TPSA) is 45.6 Å². The maximum absolute atomic E-state index is 11.4. The Kier molecular flexibility index (Phi) is 7.26. The molecular weight excluding hydrogens is 404 g/mol. The van der Waals surface area contributed by atoms with Crippen LogP contribution in [0, 0.1) is 12.3 Å². The lowest BCUT2D eigenvalue weighted by molar-refractivity contribution is 0.0200. The highest BCUT2D eigenvalue weighted by Crippen LogP contribution is 2.37. The molecule has 29 heavy (non-hydrogen) atoms. The van der Waals surface area contributed by atoms with Gasteiger partial charge in [-0.15, -0.1) is 11.3 Å². The highest BCUT2D eigenvalue weighted by Gasteiger charge is 2.36. The molecule has 1 aromatic heterocycles. The van der Waals surface area contributed by atoms with E-state index in [4.69, 9.17) is 21.3 Å². The Balaban J connectivity index is 1.62. The predicted octanol–water partition coefficient (Wildman–Crippen LogP) is 5.45. The summed E-state index contributed by atoms with van der Waals surface area (Å²) >= 11 is 7.79. The van der Waals surface area contributed by atoms with Gasteiger partial charge >= 0.3 is 0 Å². The summed E-state index contributed by atoms with van der Waals surface area (Å²) in [7, 11) is 0. The Hall–Kier alpha value is -1.14. The molecule has 1 saturated heterocycles. The monoisotopic (exact) mass is 436 g/mol. The minimum Gasteiger partial charge on any atom is -0.492 e. The van der Waals surface area contributed by atoms with Gasteiger partial charge < -0.3 is 14.7 Å². The summed E-state index contributed by atoms with van der Waals surface area (Å²) in [6.07, 6.45) is 3.28. The van der Waals surface area contributed by atoms with Gasteiger partial charge in [0.25, 0.3) is 0 Å². The number of aryl methyl sites for hydroxylation is 1. The van der Waals surface area contributed by atoms with Crippen molar-refractivity contribution in [1.82, 2.24) is 9.88 Å². The molecule has 6 heteroatoms. The number of aliphatic hydroxyl groups is 1. The average Bonchev–Trinajstić information content (AvgIpc) is 2.91. The number of nitrogens with zero attached hydrogens (tertiary/aromatic N) is 2. The van der Waals surface area contributed by atoms with Gasteiger partial charge in [0.1, 0.15) is 16.4 Å². The molecule has 1 fully saturated rings. The van der Waals surface area contributed by atoms with Gasteiger partial charge in [0.2, 0.25) is 0 Å². The molecule has 1 N–H and O–H groups in total. The zero-order valence-electron chi connectivity index (χ0n) is 18.0. The maximum Gasteiger partial charge on any atom is 0.137 e. The first kappa shape index (κ1) is 22.5. The van der Waals surface area contributed by atoms with E-state index in [1.807, 2.05) is 31.2 Å². The second kappa shape index (κ2) is 9.34. The first-order valence-corrected chi connectivity index (χ1v) is 11.6. The van der Waals surface area contributed by atoms with Crippen LogP contribution < -0.4 is 4.74 Å². The van der Waals surface area contributed by atoms with Gasteiger partial charge in [0, 0.05) is 24.4 Å². The highest BCUT2D eigenvalue weighted by atomic mass is 35.5. The van der Waals surface area contributed by atoms with Crippen LogP contribution in [0.1, 0.15) is 55.6 Å². The Labute approximate surface area is 183 Å². The van der Waals surface area contributed by atoms with Crippen LogP contribution in [0.4, 0.5) is 0 Å². The van der Waals surface area contributed by atoms with Crippen molar-refractivity contribution in [3.05, 3.63) is 44.9 Å². The number of halogens is 1. The van der Waals surface area contributed by atoms with E-state index >= 15 is 0 Å². The van der Waals surface area contributed by atoms with E-state index in [0.717, 1.165) is 56.0 Å². The molecule has 1 aliphatic rings. The third kappa shape index (κ3) is 6.17. The van der Waals surface area contributed by atoms with Gasteiger partial charge in [0.05, 0.1) is 17.3 Å². The molecule has 0 bridgehead atoms. The van der Waals surface area contributed by atoms with Crippen molar-refractivity contribution in [2.24, 2.45) is 5.41 Å². The minimum absolute atomic E-state index is 0.273. The number of hydrogen-bond acceptors (Lipinski definition) is 5. The summed E-state index contributed by atoms with van der Waals surface area (Å²) in [4.78, 5) is 8.42. The Morgan fingerprint density at radius 1 is 1.24 bits per heavy atom. The van der Waals surface area contributed by atoms with E-state index in [2.05, 4.69) is 25.7 Å². The fraction of sp³-hybridized carbons (Fsp3) is 0.609. The molecule has 160 valence electrons. The second-order valence-corrected chi connectivity index (χ2v) is 10.8. The summed E-state index contributed by atoms with van der Waals surface area (Å²) in [6.45, 7) is 12.4. The molecule has 0 unspecified atom stereocenters. The molecule has 0 amide bonds. The molecule has 4 nitrogen and oxygen atoms in total. The standard InChI is InChI=1S/C23H33ClN2O2S/c1-17-20(10-15-28-19-9-6-5-8-18(19)24)29-21(25-17)23(27)11-7-13-26(14-12-23)16-22(2,3)4/h5-6,8-9,27H,7,10-16H2,1-4H3/t23-/m0/s1. The maximum atomic E-state index is 11.4. The molecule has 3 rings (SSSR count). The van der Waals surface area contributed by atoms with Gasteiger partial charge in [-0.2, -0.15) is 0 Å². The van der Waals surface area contributed by atoms with Crippen LogP contribution in [-0.2, 0) is 12.0 Å². The van der Waals surface area contributed by atoms with Crippen LogP contribution in [-0.4, -0.2) is 41.2 Å². The fourth-order valence-electron chi connectivity index (χ4n) is 3.89. The highest BCUT2D eigenvalue weighted by molar-refractivity contribution is 7.11. The largest absolute Gasteiger partial charge is 0.492 e. The normalized spacial score (nSPS) is 21.2. The molecular formula is C23H33ClN2O2S. The molecule has 1 aromatic carbocycles. The van der Waals surface area contributed by atoms with Gasteiger partial charge in [-0.3, -0.25) is 0 Å². The molecule has 0 aliphatic carbocycles. The van der Waals surface area contributed by atoms with Crippen molar-refractivity contribution in [2.75, 3.05) is 26.2 Å². The van der Waals surface area contributed by atoms with Gasteiger partial charge in [-0.05, 0) is 50.3 Å². The quantitative estimate of drug-likeness (QED) is 0.654. The van der Waals surface area contributed by atoms with Crippen molar-refractivity contribution in [1.29, 1.82) is 0 Å². The van der Waals surface area contributed by atoms with Crippen molar-refractivity contribution < 1.29 is 9.84 Å². The second-order valence-electron chi connectivity index (χ2n) is 9.28. The molecule has 0 saturated carbocycles. The summed E-state index contributed by atoms with van der Waals surface area (Å²) in [6, 6.07) is 7.52. The van der Waals surface area contributed by atoms with Crippen LogP contribution in [0.3, 0.4) is 0 Å². The number of likely N-dealkylation sites (tertiary alicyclic amines) is 1. The summed E-state index contributed by atoms with van der Waals surface area (Å²) < 4.78 is 5.83. The summed E-state index contributed by atoms with van der Waals surface area (Å²) in [5, 5.41) is 12.9. The van der Waals surface area contributed by atoms with E-state index in [9.17, 15) is 5.11 Å². The number of rotatable bonds is 6. The lowest BCUT2D eigenvalue weighted by atomic mass is 9.95. The summed E-state index contributed by atoms with van der Waals surface area (Å²) in [5.41, 5.74) is 0.454. The van der Waals surface area contributed by atoms with E-state index in [1.165, 1.54) is 4.88 Å². The number of para-hydroxylation sites is 1. The number of thiazole rings is 1. The van der Waals surface area contributed by atoms with E-state index in [-0.39, 0.29) is 5.41 Å². The molecule has 0 spiro atoms. The lowest BCUT2D eigenvalue weighted by Gasteiger charge is -2.29. The van der Waals surface area contributed by atoms with Crippen LogP contribution in [0.5, 0.6) is 5.75 Å². The molecule has 2 heterocycles. The number of aromatic nitrogens is 1. The van der Waals surface area contributed by atoms with E-state index in [0.29, 0.717) is 17.4 Å². The van der Waals surface area contributed by atoms with Gasteiger partial charge in [-0.1, -0.05) is 44.5 Å². The SMILES string of the molecule is Cc1nc([C@]2(O)CCCN(CC(C)(C)C)CC2)sc1CCOc1ccccc1Cl. The lowest BCUT2D eigenvalue weighted by Crippen LogP contribution is -2.34. The van der Waals surface area contributed by atoms with Gasteiger partial charge in [-0.25, -0.2) is 4.98 Å². The number of benzene rings is 1. The Morgan fingerprint density at radius 3 is 2.72 bits per heavy atom. The first-order valence-electron chi connectivity index (χ1n) is 10.5. The van der Waals surface area contributed by atoms with Crippen LogP contribution >= 0.6 is 22.9 Å².